The number of para-hydroxylation sites is 3. The van der Waals surface area contributed by atoms with Crippen LogP contribution in [-0.2, 0) is 19.6 Å². The minimum atomic E-state index is -0.497. The minimum absolute atomic E-state index is 0.0786. The molecule has 0 aliphatic rings. The quantitative estimate of drug-likeness (QED) is 0.363. The smallest absolute Gasteiger partial charge is 0.273 e. The lowest BCUT2D eigenvalue weighted by Gasteiger charge is -2.22. The van der Waals surface area contributed by atoms with Crippen molar-refractivity contribution in [2.75, 3.05) is 0 Å². The highest BCUT2D eigenvalue weighted by Crippen LogP contribution is 2.27. The third-order valence-electron chi connectivity index (χ3n) is 4.75. The Kier molecular flexibility index (Phi) is 6.63. The van der Waals surface area contributed by atoms with Crippen molar-refractivity contribution in [3.8, 4) is 0 Å². The lowest BCUT2D eigenvalue weighted by atomic mass is 10.1. The average Bonchev–Trinajstić information content (AvgIpc) is 2.74. The third-order valence-corrected chi connectivity index (χ3v) is 4.75. The molecule has 0 heterocycles. The third kappa shape index (κ3) is 5.25. The molecule has 0 aromatic heterocycles. The van der Waals surface area contributed by atoms with E-state index in [-0.39, 0.29) is 36.7 Å². The van der Waals surface area contributed by atoms with Gasteiger partial charge in [-0.2, -0.15) is 0 Å². The largest absolute Gasteiger partial charge is 0.290 e. The van der Waals surface area contributed by atoms with Crippen molar-refractivity contribution >= 4 is 17.1 Å². The molecule has 3 aromatic carbocycles. The van der Waals surface area contributed by atoms with Crippen LogP contribution < -0.4 is 0 Å². The molecule has 0 saturated carbocycles. The van der Waals surface area contributed by atoms with Crippen LogP contribution in [0.3, 0.4) is 0 Å². The van der Waals surface area contributed by atoms with Gasteiger partial charge in [-0.3, -0.25) is 35.2 Å². The van der Waals surface area contributed by atoms with Crippen molar-refractivity contribution in [1.82, 2.24) is 4.90 Å². The van der Waals surface area contributed by atoms with Crippen molar-refractivity contribution in [1.29, 1.82) is 0 Å². The Labute approximate surface area is 176 Å². The van der Waals surface area contributed by atoms with Crippen LogP contribution in [0.1, 0.15) is 16.7 Å². The van der Waals surface area contributed by atoms with Crippen LogP contribution in [0.5, 0.6) is 0 Å². The number of hydrogen-bond acceptors (Lipinski definition) is 7. The van der Waals surface area contributed by atoms with Gasteiger partial charge in [0.2, 0.25) is 0 Å². The summed E-state index contributed by atoms with van der Waals surface area (Å²) in [6.07, 6.45) is 0. The lowest BCUT2D eigenvalue weighted by molar-refractivity contribution is -0.386. The molecule has 0 bridgehead atoms. The maximum absolute atomic E-state index is 11.4. The SMILES string of the molecule is O=[N+]([O-])c1ccccc1CN(Cc1ccccc1[N+](=O)[O-])Cc1ccccc1[N+](=O)[O-]. The van der Waals surface area contributed by atoms with E-state index in [2.05, 4.69) is 0 Å². The maximum Gasteiger partial charge on any atom is 0.273 e. The molecule has 0 radical (unpaired) electrons. The normalized spacial score (nSPS) is 10.7. The van der Waals surface area contributed by atoms with Gasteiger partial charge in [0.25, 0.3) is 17.1 Å². The fraction of sp³-hybridized carbons (Fsp3) is 0.143. The molecular formula is C21H18N4O6. The lowest BCUT2D eigenvalue weighted by Crippen LogP contribution is -2.24. The number of nitrogens with zero attached hydrogens (tertiary/aromatic N) is 4. The number of nitro groups is 3. The zero-order chi connectivity index (χ0) is 22.4. The summed E-state index contributed by atoms with van der Waals surface area (Å²) in [7, 11) is 0. The Bertz CT molecular complexity index is 993. The van der Waals surface area contributed by atoms with Gasteiger partial charge in [0.1, 0.15) is 0 Å². The molecule has 10 heteroatoms. The molecular weight excluding hydrogens is 404 g/mol. The molecule has 0 aliphatic heterocycles. The Balaban J connectivity index is 2.00. The molecule has 31 heavy (non-hydrogen) atoms. The predicted octanol–water partition coefficient (Wildman–Crippen LogP) is 4.61. The number of rotatable bonds is 9. The summed E-state index contributed by atoms with van der Waals surface area (Å²) in [5, 5.41) is 34.2. The van der Waals surface area contributed by atoms with E-state index in [4.69, 9.17) is 0 Å². The van der Waals surface area contributed by atoms with Crippen LogP contribution in [0.25, 0.3) is 0 Å². The van der Waals surface area contributed by atoms with Gasteiger partial charge in [-0.1, -0.05) is 54.6 Å². The summed E-state index contributed by atoms with van der Waals surface area (Å²) >= 11 is 0. The Morgan fingerprint density at radius 1 is 0.516 bits per heavy atom. The highest BCUT2D eigenvalue weighted by atomic mass is 16.6. The molecule has 0 aliphatic carbocycles. The second kappa shape index (κ2) is 9.55. The molecule has 0 spiro atoms. The van der Waals surface area contributed by atoms with E-state index in [9.17, 15) is 30.3 Å². The van der Waals surface area contributed by atoms with Gasteiger partial charge >= 0.3 is 0 Å². The van der Waals surface area contributed by atoms with Crippen LogP contribution in [0.15, 0.2) is 72.8 Å². The van der Waals surface area contributed by atoms with Crippen molar-refractivity contribution in [3.05, 3.63) is 120 Å². The van der Waals surface area contributed by atoms with Gasteiger partial charge in [-0.05, 0) is 0 Å². The summed E-state index contributed by atoms with van der Waals surface area (Å²) in [4.78, 5) is 34.5. The van der Waals surface area contributed by atoms with Crippen LogP contribution >= 0.6 is 0 Å². The van der Waals surface area contributed by atoms with Crippen molar-refractivity contribution < 1.29 is 14.8 Å². The standard InChI is InChI=1S/C21H18N4O6/c26-23(27)19-10-4-1-7-16(19)13-22(14-17-8-2-5-11-20(17)24(28)29)15-18-9-3-6-12-21(18)25(30)31/h1-12H,13-15H2. The minimum Gasteiger partial charge on any atom is -0.290 e. The summed E-state index contributed by atoms with van der Waals surface area (Å²) in [6, 6.07) is 18.6. The Morgan fingerprint density at radius 2 is 0.774 bits per heavy atom. The van der Waals surface area contributed by atoms with Crippen LogP contribution in [0.4, 0.5) is 17.1 Å². The molecule has 0 amide bonds. The molecule has 0 atom stereocenters. The van der Waals surface area contributed by atoms with E-state index in [1.54, 1.807) is 59.5 Å². The average molecular weight is 422 g/mol. The first kappa shape index (κ1) is 21.5. The highest BCUT2D eigenvalue weighted by molar-refractivity contribution is 5.43. The zero-order valence-electron chi connectivity index (χ0n) is 16.3. The van der Waals surface area contributed by atoms with E-state index in [1.165, 1.54) is 18.2 Å². The molecule has 0 N–H and O–H groups in total. The van der Waals surface area contributed by atoms with Crippen LogP contribution in [-0.4, -0.2) is 19.7 Å². The Morgan fingerprint density at radius 3 is 1.03 bits per heavy atom. The van der Waals surface area contributed by atoms with Crippen LogP contribution in [0, 0.1) is 30.3 Å². The fourth-order valence-electron chi connectivity index (χ4n) is 3.36. The second-order valence-electron chi connectivity index (χ2n) is 6.80. The second-order valence-corrected chi connectivity index (χ2v) is 6.80. The highest BCUT2D eigenvalue weighted by Gasteiger charge is 2.22. The zero-order valence-corrected chi connectivity index (χ0v) is 16.3. The summed E-state index contributed by atoms with van der Waals surface area (Å²) in [5.41, 5.74) is 0.965. The van der Waals surface area contributed by atoms with E-state index in [0.717, 1.165) is 0 Å². The van der Waals surface area contributed by atoms with Crippen molar-refractivity contribution in [2.45, 2.75) is 19.6 Å². The van der Waals surface area contributed by atoms with E-state index < -0.39 is 14.8 Å². The van der Waals surface area contributed by atoms with Gasteiger partial charge in [-0.25, -0.2) is 0 Å². The van der Waals surface area contributed by atoms with Crippen molar-refractivity contribution in [2.24, 2.45) is 0 Å². The van der Waals surface area contributed by atoms with E-state index >= 15 is 0 Å². The first-order valence-corrected chi connectivity index (χ1v) is 9.26. The molecule has 0 saturated heterocycles. The summed E-state index contributed by atoms with van der Waals surface area (Å²) in [6.45, 7) is 0.236. The number of nitro benzene ring substituents is 3. The topological polar surface area (TPSA) is 133 Å². The van der Waals surface area contributed by atoms with Gasteiger partial charge < -0.3 is 0 Å². The fourth-order valence-corrected chi connectivity index (χ4v) is 3.36. The number of hydrogen-bond donors (Lipinski definition) is 0. The maximum atomic E-state index is 11.4. The van der Waals surface area contributed by atoms with Crippen LogP contribution in [0.2, 0.25) is 0 Å². The summed E-state index contributed by atoms with van der Waals surface area (Å²) in [5.74, 6) is 0. The first-order valence-electron chi connectivity index (χ1n) is 9.26. The Hall–Kier alpha value is -4.18. The molecule has 3 rings (SSSR count). The molecule has 10 nitrogen and oxygen atoms in total. The summed E-state index contributed by atoms with van der Waals surface area (Å²) < 4.78 is 0. The molecule has 0 fully saturated rings. The van der Waals surface area contributed by atoms with Gasteiger partial charge in [-0.15, -0.1) is 0 Å². The van der Waals surface area contributed by atoms with E-state index in [1.807, 2.05) is 0 Å². The molecule has 0 unspecified atom stereocenters. The molecule has 3 aromatic rings. The first-order chi connectivity index (χ1) is 14.9. The predicted molar refractivity (Wildman–Crippen MR) is 112 cm³/mol. The van der Waals surface area contributed by atoms with Gasteiger partial charge in [0.05, 0.1) is 14.8 Å². The van der Waals surface area contributed by atoms with Gasteiger partial charge in [0, 0.05) is 54.5 Å². The molecule has 158 valence electrons. The van der Waals surface area contributed by atoms with E-state index in [0.29, 0.717) is 16.7 Å². The van der Waals surface area contributed by atoms with Crippen molar-refractivity contribution in [3.63, 3.8) is 0 Å². The monoisotopic (exact) mass is 422 g/mol. The van der Waals surface area contributed by atoms with Gasteiger partial charge in [0.15, 0.2) is 0 Å². The number of benzene rings is 3.